The molecule has 0 rings (SSSR count). The lowest BCUT2D eigenvalue weighted by Crippen LogP contribution is -2.43. The van der Waals surface area contributed by atoms with Crippen LogP contribution in [0.1, 0.15) is 33.6 Å². The van der Waals surface area contributed by atoms with E-state index in [9.17, 15) is 0 Å². The van der Waals surface area contributed by atoms with Gasteiger partial charge in [-0.1, -0.05) is 45.3 Å². The molecular formula is C16H28O2Si. The van der Waals surface area contributed by atoms with Gasteiger partial charge in [-0.3, -0.25) is 0 Å². The molecular weight excluding hydrogens is 252 g/mol. The summed E-state index contributed by atoms with van der Waals surface area (Å²) < 4.78 is 6.27. The van der Waals surface area contributed by atoms with E-state index in [4.69, 9.17) is 9.53 Å². The van der Waals surface area contributed by atoms with Gasteiger partial charge in [0, 0.05) is 12.0 Å². The van der Waals surface area contributed by atoms with Gasteiger partial charge in [0.1, 0.15) is 0 Å². The van der Waals surface area contributed by atoms with Crippen molar-refractivity contribution in [3.63, 3.8) is 0 Å². The molecule has 19 heavy (non-hydrogen) atoms. The second kappa shape index (κ2) is 7.69. The summed E-state index contributed by atoms with van der Waals surface area (Å²) >= 11 is 0. The fourth-order valence-corrected chi connectivity index (χ4v) is 2.55. The molecule has 1 unspecified atom stereocenters. The molecule has 0 aliphatic heterocycles. The molecule has 0 fully saturated rings. The Kier molecular flexibility index (Phi) is 7.36. The Morgan fingerprint density at radius 2 is 2.00 bits per heavy atom. The van der Waals surface area contributed by atoms with Gasteiger partial charge in [0.25, 0.3) is 0 Å². The molecule has 0 aliphatic rings. The average Bonchev–Trinajstić information content (AvgIpc) is 2.30. The summed E-state index contributed by atoms with van der Waals surface area (Å²) in [6.07, 6.45) is 3.48. The van der Waals surface area contributed by atoms with E-state index in [1.165, 1.54) is 0 Å². The Hall–Kier alpha value is -0.823. The molecule has 0 saturated heterocycles. The molecule has 0 spiro atoms. The van der Waals surface area contributed by atoms with E-state index < -0.39 is 8.32 Å². The predicted molar refractivity (Wildman–Crippen MR) is 85.5 cm³/mol. The van der Waals surface area contributed by atoms with Crippen LogP contribution >= 0.6 is 0 Å². The highest BCUT2D eigenvalue weighted by Gasteiger charge is 2.38. The van der Waals surface area contributed by atoms with Gasteiger partial charge < -0.3 is 9.53 Å². The number of rotatable bonds is 6. The van der Waals surface area contributed by atoms with Gasteiger partial charge in [-0.05, 0) is 24.6 Å². The number of hydrogen-bond acceptors (Lipinski definition) is 2. The van der Waals surface area contributed by atoms with Crippen molar-refractivity contribution < 1.29 is 9.53 Å². The summed E-state index contributed by atoms with van der Waals surface area (Å²) in [5.41, 5.74) is 0.556. The molecule has 0 heterocycles. The van der Waals surface area contributed by atoms with Gasteiger partial charge in [0.05, 0.1) is 12.7 Å². The quantitative estimate of drug-likeness (QED) is 0.454. The first-order valence-electron chi connectivity index (χ1n) is 6.72. The number of hydrogen-bond donors (Lipinski definition) is 1. The van der Waals surface area contributed by atoms with Crippen LogP contribution in [0.2, 0.25) is 18.1 Å². The third-order valence-electron chi connectivity index (χ3n) is 3.52. The first-order valence-corrected chi connectivity index (χ1v) is 9.62. The van der Waals surface area contributed by atoms with Crippen LogP contribution in [0, 0.1) is 11.8 Å². The fraction of sp³-hybridized carbons (Fsp3) is 0.625. The molecule has 0 bridgehead atoms. The topological polar surface area (TPSA) is 29.5 Å². The lowest BCUT2D eigenvalue weighted by molar-refractivity contribution is 0.217. The first-order chi connectivity index (χ1) is 8.64. The van der Waals surface area contributed by atoms with E-state index in [0.717, 1.165) is 12.8 Å². The second-order valence-electron chi connectivity index (χ2n) is 6.25. The minimum atomic E-state index is -1.75. The minimum Gasteiger partial charge on any atom is -0.411 e. The van der Waals surface area contributed by atoms with Crippen LogP contribution in [0.5, 0.6) is 0 Å². The van der Waals surface area contributed by atoms with E-state index in [2.05, 4.69) is 58.9 Å². The lowest BCUT2D eigenvalue weighted by atomic mass is 10.2. The fourth-order valence-electron chi connectivity index (χ4n) is 1.22. The van der Waals surface area contributed by atoms with Gasteiger partial charge in [-0.25, -0.2) is 0 Å². The second-order valence-corrected chi connectivity index (χ2v) is 11.0. The summed E-state index contributed by atoms with van der Waals surface area (Å²) in [7, 11) is -1.75. The summed E-state index contributed by atoms with van der Waals surface area (Å²) in [6.45, 7) is 18.6. The van der Waals surface area contributed by atoms with Crippen LogP contribution < -0.4 is 0 Å². The predicted octanol–water partition coefficient (Wildman–Crippen LogP) is 3.89. The van der Waals surface area contributed by atoms with Crippen LogP contribution in [0.15, 0.2) is 24.8 Å². The third-order valence-corrected chi connectivity index (χ3v) is 8.03. The van der Waals surface area contributed by atoms with Gasteiger partial charge in [0.2, 0.25) is 0 Å². The molecule has 3 heteroatoms. The minimum absolute atomic E-state index is 0.0533. The molecule has 0 saturated carbocycles. The molecule has 108 valence electrons. The third kappa shape index (κ3) is 6.77. The molecule has 1 N–H and O–H groups in total. The van der Waals surface area contributed by atoms with Crippen molar-refractivity contribution in [3.8, 4) is 11.8 Å². The molecule has 0 aliphatic carbocycles. The first kappa shape index (κ1) is 18.2. The highest BCUT2D eigenvalue weighted by atomic mass is 28.4. The van der Waals surface area contributed by atoms with Crippen molar-refractivity contribution in [2.24, 2.45) is 0 Å². The summed E-state index contributed by atoms with van der Waals surface area (Å²) in [4.78, 5) is 0. The van der Waals surface area contributed by atoms with Crippen LogP contribution in [-0.4, -0.2) is 26.1 Å². The zero-order chi connectivity index (χ0) is 15.1. The van der Waals surface area contributed by atoms with Crippen LogP contribution in [0.3, 0.4) is 0 Å². The Morgan fingerprint density at radius 3 is 2.42 bits per heavy atom. The van der Waals surface area contributed by atoms with Crippen molar-refractivity contribution in [3.05, 3.63) is 24.8 Å². The highest BCUT2D eigenvalue weighted by Crippen LogP contribution is 2.37. The zero-order valence-electron chi connectivity index (χ0n) is 13.0. The SMILES string of the molecule is C=CC(CCC#CC(=C)CO)O[Si](C)(C)C(C)(C)C. The van der Waals surface area contributed by atoms with Crippen molar-refractivity contribution in [2.75, 3.05) is 6.61 Å². The molecule has 1 atom stereocenters. The van der Waals surface area contributed by atoms with Crippen molar-refractivity contribution in [2.45, 2.75) is 57.8 Å². The van der Waals surface area contributed by atoms with Gasteiger partial charge >= 0.3 is 0 Å². The van der Waals surface area contributed by atoms with Gasteiger partial charge in [0.15, 0.2) is 8.32 Å². The Bertz CT molecular complexity index is 366. The van der Waals surface area contributed by atoms with E-state index >= 15 is 0 Å². The number of aliphatic hydroxyl groups is 1. The normalized spacial score (nSPS) is 13.4. The Labute approximate surface area is 119 Å². The van der Waals surface area contributed by atoms with Gasteiger partial charge in [-0.2, -0.15) is 0 Å². The molecule has 0 aromatic carbocycles. The largest absolute Gasteiger partial charge is 0.411 e. The van der Waals surface area contributed by atoms with E-state index in [1.807, 2.05) is 6.08 Å². The van der Waals surface area contributed by atoms with Crippen LogP contribution in [0.25, 0.3) is 0 Å². The standard InChI is InChI=1S/C16H28O2Si/c1-8-15(12-10-9-11-14(2)13-17)18-19(6,7)16(3,4)5/h8,15,17H,1-2,10,12-13H2,3-7H3. The smallest absolute Gasteiger partial charge is 0.192 e. The zero-order valence-corrected chi connectivity index (χ0v) is 14.0. The monoisotopic (exact) mass is 280 g/mol. The Balaban J connectivity index is 4.41. The maximum atomic E-state index is 8.79. The maximum Gasteiger partial charge on any atom is 0.192 e. The van der Waals surface area contributed by atoms with E-state index in [1.54, 1.807) is 0 Å². The van der Waals surface area contributed by atoms with Crippen LogP contribution in [0.4, 0.5) is 0 Å². The number of aliphatic hydroxyl groups excluding tert-OH is 1. The summed E-state index contributed by atoms with van der Waals surface area (Å²) in [5.74, 6) is 5.84. The van der Waals surface area contributed by atoms with Crippen LogP contribution in [-0.2, 0) is 4.43 Å². The Morgan fingerprint density at radius 1 is 1.42 bits per heavy atom. The van der Waals surface area contributed by atoms with Gasteiger partial charge in [-0.15, -0.1) is 6.58 Å². The highest BCUT2D eigenvalue weighted by molar-refractivity contribution is 6.74. The maximum absolute atomic E-state index is 8.79. The van der Waals surface area contributed by atoms with Crippen molar-refractivity contribution in [1.29, 1.82) is 0 Å². The molecule has 2 nitrogen and oxygen atoms in total. The molecule has 0 aromatic rings. The van der Waals surface area contributed by atoms with Crippen molar-refractivity contribution in [1.82, 2.24) is 0 Å². The van der Waals surface area contributed by atoms with E-state index in [-0.39, 0.29) is 17.7 Å². The summed E-state index contributed by atoms with van der Waals surface area (Å²) in [5, 5.41) is 8.99. The molecule has 0 radical (unpaired) electrons. The van der Waals surface area contributed by atoms with Crippen molar-refractivity contribution >= 4 is 8.32 Å². The summed E-state index contributed by atoms with van der Waals surface area (Å²) in [6, 6.07) is 0. The lowest BCUT2D eigenvalue weighted by Gasteiger charge is -2.38. The average molecular weight is 280 g/mol. The molecule has 0 aromatic heterocycles. The molecule has 0 amide bonds. The van der Waals surface area contributed by atoms with E-state index in [0.29, 0.717) is 5.57 Å².